The standard InChI is InChI=1S/C13H20N4O2/c18-13-3-1-5-16(13)6-2-7-17-9-12(14-15-17)11-4-8-19-10-11/h9,11H,1-8,10H2. The van der Waals surface area contributed by atoms with E-state index >= 15 is 0 Å². The van der Waals surface area contributed by atoms with Gasteiger partial charge in [0, 0.05) is 44.8 Å². The molecule has 1 aromatic heterocycles. The maximum absolute atomic E-state index is 11.5. The Morgan fingerprint density at radius 2 is 2.37 bits per heavy atom. The first kappa shape index (κ1) is 12.6. The van der Waals surface area contributed by atoms with Crippen LogP contribution in [0.3, 0.4) is 0 Å². The largest absolute Gasteiger partial charge is 0.381 e. The molecule has 0 aliphatic carbocycles. The number of likely N-dealkylation sites (tertiary alicyclic amines) is 1. The van der Waals surface area contributed by atoms with Gasteiger partial charge >= 0.3 is 0 Å². The zero-order valence-electron chi connectivity index (χ0n) is 11.1. The Labute approximate surface area is 112 Å². The van der Waals surface area contributed by atoms with Crippen molar-refractivity contribution >= 4 is 5.91 Å². The van der Waals surface area contributed by atoms with Gasteiger partial charge in [0.15, 0.2) is 0 Å². The minimum atomic E-state index is 0.294. The maximum atomic E-state index is 11.5. The number of hydrogen-bond donors (Lipinski definition) is 0. The quantitative estimate of drug-likeness (QED) is 0.789. The number of amides is 1. The number of rotatable bonds is 5. The van der Waals surface area contributed by atoms with Crippen molar-refractivity contribution in [2.75, 3.05) is 26.3 Å². The Bertz CT molecular complexity index is 440. The van der Waals surface area contributed by atoms with Crippen LogP contribution in [0.25, 0.3) is 0 Å². The molecular weight excluding hydrogens is 244 g/mol. The second kappa shape index (κ2) is 5.69. The summed E-state index contributed by atoms with van der Waals surface area (Å²) in [6.45, 7) is 4.17. The van der Waals surface area contributed by atoms with Crippen molar-refractivity contribution in [1.82, 2.24) is 19.9 Å². The summed E-state index contributed by atoms with van der Waals surface area (Å²) >= 11 is 0. The molecule has 1 atom stereocenters. The SMILES string of the molecule is O=C1CCCN1CCCn1cc(C2CCOC2)nn1. The summed E-state index contributed by atoms with van der Waals surface area (Å²) in [6.07, 6.45) is 5.73. The molecule has 0 spiro atoms. The van der Waals surface area contributed by atoms with Gasteiger partial charge in [-0.25, -0.2) is 0 Å². The summed E-state index contributed by atoms with van der Waals surface area (Å²) in [5.74, 6) is 0.705. The maximum Gasteiger partial charge on any atom is 0.222 e. The van der Waals surface area contributed by atoms with E-state index in [2.05, 4.69) is 10.3 Å². The van der Waals surface area contributed by atoms with Crippen LogP contribution < -0.4 is 0 Å². The molecule has 6 nitrogen and oxygen atoms in total. The fourth-order valence-electron chi connectivity index (χ4n) is 2.74. The fourth-order valence-corrected chi connectivity index (χ4v) is 2.74. The van der Waals surface area contributed by atoms with Crippen molar-refractivity contribution in [3.05, 3.63) is 11.9 Å². The number of carbonyl (C=O) groups is 1. The third-order valence-corrected chi connectivity index (χ3v) is 3.89. The zero-order chi connectivity index (χ0) is 13.1. The molecule has 0 bridgehead atoms. The fraction of sp³-hybridized carbons (Fsp3) is 0.769. The number of ether oxygens (including phenoxy) is 1. The van der Waals surface area contributed by atoms with Gasteiger partial charge in [-0.05, 0) is 19.3 Å². The molecule has 0 saturated carbocycles. The summed E-state index contributed by atoms with van der Waals surface area (Å²) in [5.41, 5.74) is 1.04. The number of aromatic nitrogens is 3. The van der Waals surface area contributed by atoms with Gasteiger partial charge < -0.3 is 9.64 Å². The lowest BCUT2D eigenvalue weighted by atomic mass is 10.1. The van der Waals surface area contributed by atoms with E-state index in [9.17, 15) is 4.79 Å². The van der Waals surface area contributed by atoms with Crippen LogP contribution in [0, 0.1) is 0 Å². The van der Waals surface area contributed by atoms with Gasteiger partial charge in [-0.15, -0.1) is 5.10 Å². The molecule has 3 rings (SSSR count). The van der Waals surface area contributed by atoms with Gasteiger partial charge in [-0.2, -0.15) is 0 Å². The summed E-state index contributed by atoms with van der Waals surface area (Å²) in [4.78, 5) is 13.4. The van der Waals surface area contributed by atoms with Crippen LogP contribution in [0.2, 0.25) is 0 Å². The van der Waals surface area contributed by atoms with Gasteiger partial charge in [-0.1, -0.05) is 5.21 Å². The topological polar surface area (TPSA) is 60.2 Å². The second-order valence-corrected chi connectivity index (χ2v) is 5.30. The molecule has 3 heterocycles. The monoisotopic (exact) mass is 264 g/mol. The average molecular weight is 264 g/mol. The Morgan fingerprint density at radius 1 is 1.42 bits per heavy atom. The Hall–Kier alpha value is -1.43. The molecule has 19 heavy (non-hydrogen) atoms. The van der Waals surface area contributed by atoms with E-state index in [0.717, 1.165) is 64.2 Å². The van der Waals surface area contributed by atoms with Crippen molar-refractivity contribution in [3.63, 3.8) is 0 Å². The molecule has 0 aromatic carbocycles. The summed E-state index contributed by atoms with van der Waals surface area (Å²) in [5, 5.41) is 8.37. The molecule has 1 unspecified atom stereocenters. The molecule has 6 heteroatoms. The normalized spacial score (nSPS) is 23.5. The van der Waals surface area contributed by atoms with Gasteiger partial charge in [0.2, 0.25) is 5.91 Å². The van der Waals surface area contributed by atoms with Crippen LogP contribution in [-0.2, 0) is 16.1 Å². The first-order valence-corrected chi connectivity index (χ1v) is 7.08. The van der Waals surface area contributed by atoms with E-state index in [1.54, 1.807) is 0 Å². The minimum Gasteiger partial charge on any atom is -0.381 e. The lowest BCUT2D eigenvalue weighted by Crippen LogP contribution is -2.26. The van der Waals surface area contributed by atoms with E-state index in [-0.39, 0.29) is 0 Å². The molecule has 104 valence electrons. The summed E-state index contributed by atoms with van der Waals surface area (Å²) in [6, 6.07) is 0. The van der Waals surface area contributed by atoms with Gasteiger partial charge in [-0.3, -0.25) is 9.48 Å². The van der Waals surface area contributed by atoms with Crippen LogP contribution >= 0.6 is 0 Å². The van der Waals surface area contributed by atoms with Crippen LogP contribution in [0.5, 0.6) is 0 Å². The first-order valence-electron chi connectivity index (χ1n) is 7.08. The third-order valence-electron chi connectivity index (χ3n) is 3.89. The predicted octanol–water partition coefficient (Wildman–Crippen LogP) is 0.794. The van der Waals surface area contributed by atoms with E-state index in [0.29, 0.717) is 11.8 Å². The lowest BCUT2D eigenvalue weighted by Gasteiger charge is -2.14. The average Bonchev–Trinajstić information content (AvgIpc) is 3.11. The van der Waals surface area contributed by atoms with E-state index in [1.807, 2.05) is 15.8 Å². The number of nitrogens with zero attached hydrogens (tertiary/aromatic N) is 4. The highest BCUT2D eigenvalue weighted by Gasteiger charge is 2.21. The van der Waals surface area contributed by atoms with Crippen molar-refractivity contribution in [2.45, 2.75) is 38.1 Å². The van der Waals surface area contributed by atoms with Crippen LogP contribution in [0.15, 0.2) is 6.20 Å². The minimum absolute atomic E-state index is 0.294. The Kier molecular flexibility index (Phi) is 3.77. The highest BCUT2D eigenvalue weighted by atomic mass is 16.5. The van der Waals surface area contributed by atoms with Gasteiger partial charge in [0.1, 0.15) is 0 Å². The van der Waals surface area contributed by atoms with E-state index in [1.165, 1.54) is 0 Å². The molecule has 2 aliphatic rings. The molecule has 1 aromatic rings. The molecular formula is C13H20N4O2. The molecule has 2 aliphatic heterocycles. The summed E-state index contributed by atoms with van der Waals surface area (Å²) < 4.78 is 7.24. The molecule has 0 radical (unpaired) electrons. The smallest absolute Gasteiger partial charge is 0.222 e. The highest BCUT2D eigenvalue weighted by Crippen LogP contribution is 2.22. The molecule has 0 N–H and O–H groups in total. The van der Waals surface area contributed by atoms with Gasteiger partial charge in [0.05, 0.1) is 12.3 Å². The Balaban J connectivity index is 1.46. The van der Waals surface area contributed by atoms with E-state index < -0.39 is 0 Å². The zero-order valence-corrected chi connectivity index (χ0v) is 11.1. The molecule has 2 fully saturated rings. The number of hydrogen-bond acceptors (Lipinski definition) is 4. The van der Waals surface area contributed by atoms with Crippen molar-refractivity contribution in [1.29, 1.82) is 0 Å². The number of carbonyl (C=O) groups excluding carboxylic acids is 1. The predicted molar refractivity (Wildman–Crippen MR) is 68.6 cm³/mol. The molecule has 2 saturated heterocycles. The van der Waals surface area contributed by atoms with Crippen LogP contribution in [-0.4, -0.2) is 52.1 Å². The van der Waals surface area contributed by atoms with Crippen LogP contribution in [0.4, 0.5) is 0 Å². The molecule has 1 amide bonds. The van der Waals surface area contributed by atoms with Crippen LogP contribution in [0.1, 0.15) is 37.3 Å². The lowest BCUT2D eigenvalue weighted by molar-refractivity contribution is -0.127. The number of aryl methyl sites for hydroxylation is 1. The summed E-state index contributed by atoms with van der Waals surface area (Å²) in [7, 11) is 0. The highest BCUT2D eigenvalue weighted by molar-refractivity contribution is 5.77. The first-order chi connectivity index (χ1) is 9.33. The van der Waals surface area contributed by atoms with Gasteiger partial charge in [0.25, 0.3) is 0 Å². The van der Waals surface area contributed by atoms with E-state index in [4.69, 9.17) is 4.74 Å². The second-order valence-electron chi connectivity index (χ2n) is 5.30. The van der Waals surface area contributed by atoms with Crippen molar-refractivity contribution < 1.29 is 9.53 Å². The third kappa shape index (κ3) is 2.94. The Morgan fingerprint density at radius 3 is 3.11 bits per heavy atom. The van der Waals surface area contributed by atoms with Crippen molar-refractivity contribution in [2.24, 2.45) is 0 Å². The van der Waals surface area contributed by atoms with Crippen molar-refractivity contribution in [3.8, 4) is 0 Å².